The summed E-state index contributed by atoms with van der Waals surface area (Å²) in [5.41, 5.74) is 1.56. The summed E-state index contributed by atoms with van der Waals surface area (Å²) >= 11 is 0. The van der Waals surface area contributed by atoms with Crippen LogP contribution in [0.15, 0.2) is 53.5 Å². The monoisotopic (exact) mass is 547 g/mol. The first kappa shape index (κ1) is 24.6. The minimum absolute atomic E-state index is 0. The van der Waals surface area contributed by atoms with Crippen molar-refractivity contribution in [2.75, 3.05) is 25.0 Å². The molecule has 0 radical (unpaired) electrons. The van der Waals surface area contributed by atoms with Crippen LogP contribution in [0.1, 0.15) is 12.0 Å². The smallest absolute Gasteiger partial charge is 0.387 e. The van der Waals surface area contributed by atoms with Gasteiger partial charge in [-0.15, -0.1) is 24.0 Å². The molecule has 0 aromatic heterocycles. The molecule has 1 unspecified atom stereocenters. The van der Waals surface area contributed by atoms with E-state index in [4.69, 9.17) is 0 Å². The molecule has 1 heterocycles. The molecule has 0 amide bonds. The lowest BCUT2D eigenvalue weighted by Gasteiger charge is -2.22. The van der Waals surface area contributed by atoms with Gasteiger partial charge in [0.05, 0.1) is 10.6 Å². The van der Waals surface area contributed by atoms with Gasteiger partial charge >= 0.3 is 6.61 Å². The Hall–Kier alpha value is -2.70. The third kappa shape index (κ3) is 6.91. The first-order valence-corrected chi connectivity index (χ1v) is 9.45. The first-order chi connectivity index (χ1) is 14.5. The topological polar surface area (TPSA) is 92.0 Å². The van der Waals surface area contributed by atoms with E-state index in [1.165, 1.54) is 18.2 Å². The number of non-ortho nitro benzene ring substituents is 1. The number of alkyl halides is 2. The minimum Gasteiger partial charge on any atom is -0.433 e. The van der Waals surface area contributed by atoms with Gasteiger partial charge in [0, 0.05) is 44.9 Å². The quantitative estimate of drug-likeness (QED) is 0.181. The fourth-order valence-electron chi connectivity index (χ4n) is 3.32. The maximum atomic E-state index is 12.7. The molecule has 1 aliphatic heterocycles. The summed E-state index contributed by atoms with van der Waals surface area (Å²) in [6.07, 6.45) is 0.807. The Morgan fingerprint density at radius 2 is 2.00 bits per heavy atom. The van der Waals surface area contributed by atoms with Crippen LogP contribution in [0.2, 0.25) is 0 Å². The number of nitro benzene ring substituents is 1. The van der Waals surface area contributed by atoms with E-state index < -0.39 is 11.5 Å². The molecule has 11 heteroatoms. The van der Waals surface area contributed by atoms with Gasteiger partial charge in [-0.1, -0.05) is 24.3 Å². The summed E-state index contributed by atoms with van der Waals surface area (Å²) in [6.45, 7) is -1.10. The van der Waals surface area contributed by atoms with Crippen LogP contribution in [0, 0.1) is 10.1 Å². The molecule has 8 nitrogen and oxygen atoms in total. The van der Waals surface area contributed by atoms with Gasteiger partial charge in [-0.3, -0.25) is 15.1 Å². The Bertz CT molecular complexity index is 899. The molecule has 3 rings (SSSR count). The van der Waals surface area contributed by atoms with E-state index >= 15 is 0 Å². The number of para-hydroxylation sites is 2. The zero-order valence-electron chi connectivity index (χ0n) is 16.8. The number of hydrogen-bond donors (Lipinski definition) is 2. The number of halogens is 3. The fourth-order valence-corrected chi connectivity index (χ4v) is 3.32. The molecule has 2 aromatic rings. The summed E-state index contributed by atoms with van der Waals surface area (Å²) in [7, 11) is 1.66. The van der Waals surface area contributed by atoms with Crippen molar-refractivity contribution in [1.29, 1.82) is 0 Å². The highest BCUT2D eigenvalue weighted by Gasteiger charge is 2.26. The van der Waals surface area contributed by atoms with Crippen LogP contribution < -0.4 is 20.3 Å². The van der Waals surface area contributed by atoms with Gasteiger partial charge < -0.3 is 20.3 Å². The molecule has 1 atom stereocenters. The number of anilines is 1. The van der Waals surface area contributed by atoms with Crippen molar-refractivity contribution in [3.8, 4) is 5.75 Å². The molecule has 2 aromatic carbocycles. The highest BCUT2D eigenvalue weighted by Crippen LogP contribution is 2.31. The highest BCUT2D eigenvalue weighted by molar-refractivity contribution is 14.0. The average Bonchev–Trinajstić information content (AvgIpc) is 3.19. The lowest BCUT2D eigenvalue weighted by molar-refractivity contribution is -0.384. The van der Waals surface area contributed by atoms with Gasteiger partial charge in [0.1, 0.15) is 5.75 Å². The number of rotatable bonds is 7. The van der Waals surface area contributed by atoms with Crippen LogP contribution in [0.5, 0.6) is 5.75 Å². The second kappa shape index (κ2) is 11.6. The fraction of sp³-hybridized carbons (Fsp3) is 0.350. The lowest BCUT2D eigenvalue weighted by atomic mass is 10.2. The maximum absolute atomic E-state index is 12.7. The van der Waals surface area contributed by atoms with Crippen LogP contribution in [0.25, 0.3) is 0 Å². The van der Waals surface area contributed by atoms with Crippen molar-refractivity contribution in [1.82, 2.24) is 10.6 Å². The summed E-state index contributed by atoms with van der Waals surface area (Å²) < 4.78 is 29.9. The molecule has 0 spiro atoms. The summed E-state index contributed by atoms with van der Waals surface area (Å²) in [6, 6.07) is 13.1. The average molecular weight is 547 g/mol. The molecule has 168 valence electrons. The molecular weight excluding hydrogens is 523 g/mol. The number of guanidine groups is 1. The van der Waals surface area contributed by atoms with Gasteiger partial charge in [-0.2, -0.15) is 8.78 Å². The SMILES string of the molecule is CN=C(NCc1ccc([N+](=O)[O-])cc1)NC1CCN(c2ccccc2OC(F)F)C1.I. The van der Waals surface area contributed by atoms with Crippen LogP contribution in [-0.2, 0) is 6.54 Å². The Labute approximate surface area is 195 Å². The molecule has 0 bridgehead atoms. The third-order valence-corrected chi connectivity index (χ3v) is 4.78. The normalized spacial score (nSPS) is 16.1. The Balaban J connectivity index is 0.00000341. The van der Waals surface area contributed by atoms with Crippen molar-refractivity contribution >= 4 is 41.3 Å². The minimum atomic E-state index is -2.87. The standard InChI is InChI=1S/C20H23F2N5O3.HI/c1-23-20(24-12-14-6-8-16(9-7-14)27(28)29)25-15-10-11-26(13-15)17-4-2-3-5-18(17)30-19(21)22;/h2-9,15,19H,10-13H2,1H3,(H2,23,24,25);1H. The number of nitrogens with zero attached hydrogens (tertiary/aromatic N) is 3. The van der Waals surface area contributed by atoms with Crippen molar-refractivity contribution in [2.24, 2.45) is 4.99 Å². The van der Waals surface area contributed by atoms with Crippen LogP contribution in [0.3, 0.4) is 0 Å². The van der Waals surface area contributed by atoms with E-state index in [0.29, 0.717) is 31.3 Å². The molecule has 1 fully saturated rings. The zero-order valence-corrected chi connectivity index (χ0v) is 19.2. The van der Waals surface area contributed by atoms with Crippen LogP contribution in [0.4, 0.5) is 20.2 Å². The van der Waals surface area contributed by atoms with Crippen LogP contribution >= 0.6 is 24.0 Å². The second-order valence-electron chi connectivity index (χ2n) is 6.77. The van der Waals surface area contributed by atoms with Crippen molar-refractivity contribution in [2.45, 2.75) is 25.6 Å². The maximum Gasteiger partial charge on any atom is 0.387 e. The molecule has 0 aliphatic carbocycles. The summed E-state index contributed by atoms with van der Waals surface area (Å²) in [4.78, 5) is 16.5. The molecule has 0 saturated carbocycles. The predicted molar refractivity (Wildman–Crippen MR) is 126 cm³/mol. The Morgan fingerprint density at radius 3 is 2.65 bits per heavy atom. The van der Waals surface area contributed by atoms with Gasteiger partial charge in [-0.05, 0) is 24.1 Å². The number of nitro groups is 1. The molecule has 2 N–H and O–H groups in total. The van der Waals surface area contributed by atoms with E-state index in [0.717, 1.165) is 12.0 Å². The molecule has 1 aliphatic rings. The Kier molecular flexibility index (Phi) is 9.21. The lowest BCUT2D eigenvalue weighted by Crippen LogP contribution is -2.44. The Morgan fingerprint density at radius 1 is 1.29 bits per heavy atom. The van der Waals surface area contributed by atoms with E-state index in [-0.39, 0.29) is 41.5 Å². The molecular formula is C20H24F2IN5O3. The van der Waals surface area contributed by atoms with Crippen molar-refractivity contribution in [3.05, 3.63) is 64.2 Å². The predicted octanol–water partition coefficient (Wildman–Crippen LogP) is 3.76. The van der Waals surface area contributed by atoms with Gasteiger partial charge in [0.2, 0.25) is 0 Å². The van der Waals surface area contributed by atoms with E-state index in [2.05, 4.69) is 20.4 Å². The number of aliphatic imine (C=N–C) groups is 1. The van der Waals surface area contributed by atoms with Crippen LogP contribution in [-0.4, -0.2) is 43.7 Å². The second-order valence-corrected chi connectivity index (χ2v) is 6.77. The number of nitrogens with one attached hydrogen (secondary N) is 2. The van der Waals surface area contributed by atoms with Crippen molar-refractivity contribution < 1.29 is 18.4 Å². The summed E-state index contributed by atoms with van der Waals surface area (Å²) in [5, 5.41) is 17.2. The third-order valence-electron chi connectivity index (χ3n) is 4.78. The number of ether oxygens (including phenoxy) is 1. The highest BCUT2D eigenvalue weighted by atomic mass is 127. The summed E-state index contributed by atoms with van der Waals surface area (Å²) in [5.74, 6) is 0.756. The van der Waals surface area contributed by atoms with Crippen molar-refractivity contribution in [3.63, 3.8) is 0 Å². The van der Waals surface area contributed by atoms with E-state index in [1.807, 2.05) is 4.90 Å². The van der Waals surface area contributed by atoms with E-state index in [1.54, 1.807) is 37.4 Å². The zero-order chi connectivity index (χ0) is 21.5. The van der Waals surface area contributed by atoms with Gasteiger partial charge in [0.25, 0.3) is 5.69 Å². The number of hydrogen-bond acceptors (Lipinski definition) is 5. The van der Waals surface area contributed by atoms with Gasteiger partial charge in [0.15, 0.2) is 5.96 Å². The largest absolute Gasteiger partial charge is 0.433 e. The van der Waals surface area contributed by atoms with Gasteiger partial charge in [-0.25, -0.2) is 0 Å². The van der Waals surface area contributed by atoms with E-state index in [9.17, 15) is 18.9 Å². The first-order valence-electron chi connectivity index (χ1n) is 9.45. The molecule has 1 saturated heterocycles. The number of benzene rings is 2. The molecule has 31 heavy (non-hydrogen) atoms.